The van der Waals surface area contributed by atoms with Crippen molar-refractivity contribution in [3.63, 3.8) is 0 Å². The number of H-pyrrole nitrogens is 1. The Balaban J connectivity index is 1.71. The van der Waals surface area contributed by atoms with Crippen LogP contribution in [0, 0.1) is 0 Å². The molecule has 5 heteroatoms. The SMILES string of the molecule is COc1ccc(C(=O)N2CCC[C@@H](c3ccn[nH]3)C2)cc1. The molecular formula is C16H19N3O2. The average Bonchev–Trinajstić information content (AvgIpc) is 3.09. The summed E-state index contributed by atoms with van der Waals surface area (Å²) in [6, 6.07) is 9.28. The second kappa shape index (κ2) is 5.99. The summed E-state index contributed by atoms with van der Waals surface area (Å²) in [5.74, 6) is 1.20. The molecule has 0 radical (unpaired) electrons. The fraction of sp³-hybridized carbons (Fsp3) is 0.375. The molecule has 2 aromatic rings. The van der Waals surface area contributed by atoms with Gasteiger partial charge in [0.2, 0.25) is 0 Å². The number of aromatic nitrogens is 2. The molecule has 0 spiro atoms. The number of methoxy groups -OCH3 is 1. The van der Waals surface area contributed by atoms with Gasteiger partial charge in [-0.05, 0) is 43.2 Å². The zero-order valence-electron chi connectivity index (χ0n) is 12.1. The predicted octanol–water partition coefficient (Wildman–Crippen LogP) is 2.44. The highest BCUT2D eigenvalue weighted by Crippen LogP contribution is 2.26. The Bertz CT molecular complexity index is 592. The molecule has 0 aliphatic carbocycles. The number of aromatic amines is 1. The van der Waals surface area contributed by atoms with Gasteiger partial charge < -0.3 is 9.64 Å². The van der Waals surface area contributed by atoms with E-state index in [1.54, 1.807) is 13.3 Å². The Labute approximate surface area is 123 Å². The summed E-state index contributed by atoms with van der Waals surface area (Å²) in [7, 11) is 1.62. The molecule has 0 saturated carbocycles. The largest absolute Gasteiger partial charge is 0.497 e. The van der Waals surface area contributed by atoms with E-state index in [4.69, 9.17) is 4.74 Å². The van der Waals surface area contributed by atoms with Gasteiger partial charge in [-0.3, -0.25) is 9.89 Å². The van der Waals surface area contributed by atoms with Crippen LogP contribution in [0.15, 0.2) is 36.5 Å². The number of hydrogen-bond donors (Lipinski definition) is 1. The summed E-state index contributed by atoms with van der Waals surface area (Å²) >= 11 is 0. The normalized spacial score (nSPS) is 18.5. The van der Waals surface area contributed by atoms with Gasteiger partial charge >= 0.3 is 0 Å². The van der Waals surface area contributed by atoms with Gasteiger partial charge in [-0.15, -0.1) is 0 Å². The van der Waals surface area contributed by atoms with E-state index in [2.05, 4.69) is 10.2 Å². The predicted molar refractivity (Wildman–Crippen MR) is 79.5 cm³/mol. The van der Waals surface area contributed by atoms with E-state index in [0.29, 0.717) is 11.5 Å². The summed E-state index contributed by atoms with van der Waals surface area (Å²) in [6.07, 6.45) is 3.87. The fourth-order valence-electron chi connectivity index (χ4n) is 2.83. The Morgan fingerprint density at radius 3 is 2.81 bits per heavy atom. The van der Waals surface area contributed by atoms with Crippen molar-refractivity contribution >= 4 is 5.91 Å². The summed E-state index contributed by atoms with van der Waals surface area (Å²) in [6.45, 7) is 1.56. The van der Waals surface area contributed by atoms with Gasteiger partial charge in [-0.25, -0.2) is 0 Å². The second-order valence-electron chi connectivity index (χ2n) is 5.33. The van der Waals surface area contributed by atoms with Crippen LogP contribution < -0.4 is 4.74 Å². The first kappa shape index (κ1) is 13.7. The molecule has 1 N–H and O–H groups in total. The third kappa shape index (κ3) is 2.91. The van der Waals surface area contributed by atoms with Crippen molar-refractivity contribution in [3.8, 4) is 5.75 Å². The van der Waals surface area contributed by atoms with Gasteiger partial charge in [-0.1, -0.05) is 0 Å². The average molecular weight is 285 g/mol. The minimum Gasteiger partial charge on any atom is -0.497 e. The molecule has 1 amide bonds. The Hall–Kier alpha value is -2.30. The summed E-state index contributed by atoms with van der Waals surface area (Å²) in [5, 5.41) is 7.02. The van der Waals surface area contributed by atoms with Gasteiger partial charge in [0.25, 0.3) is 5.91 Å². The van der Waals surface area contributed by atoms with E-state index in [-0.39, 0.29) is 5.91 Å². The van der Waals surface area contributed by atoms with Crippen LogP contribution in [0.25, 0.3) is 0 Å². The third-order valence-corrected chi connectivity index (χ3v) is 4.01. The van der Waals surface area contributed by atoms with Gasteiger partial charge in [0.05, 0.1) is 7.11 Å². The standard InChI is InChI=1S/C16H19N3O2/c1-21-14-6-4-12(5-7-14)16(20)19-10-2-3-13(11-19)15-8-9-17-18-15/h4-9,13H,2-3,10-11H2,1H3,(H,17,18)/t13-/m1/s1. The molecule has 1 aliphatic rings. The van der Waals surface area contributed by atoms with Crippen molar-refractivity contribution in [3.05, 3.63) is 47.8 Å². The number of nitrogens with zero attached hydrogens (tertiary/aromatic N) is 2. The van der Waals surface area contributed by atoms with Crippen molar-refractivity contribution in [2.45, 2.75) is 18.8 Å². The maximum atomic E-state index is 12.6. The van der Waals surface area contributed by atoms with Crippen molar-refractivity contribution in [2.24, 2.45) is 0 Å². The van der Waals surface area contributed by atoms with Crippen LogP contribution in [0.4, 0.5) is 0 Å². The highest BCUT2D eigenvalue weighted by molar-refractivity contribution is 5.94. The van der Waals surface area contributed by atoms with Crippen molar-refractivity contribution in [1.29, 1.82) is 0 Å². The minimum absolute atomic E-state index is 0.0851. The van der Waals surface area contributed by atoms with E-state index >= 15 is 0 Å². The summed E-state index contributed by atoms with van der Waals surface area (Å²) < 4.78 is 5.12. The van der Waals surface area contributed by atoms with Gasteiger partial charge in [0, 0.05) is 36.5 Å². The molecule has 0 unspecified atom stereocenters. The maximum Gasteiger partial charge on any atom is 0.253 e. The molecule has 2 heterocycles. The smallest absolute Gasteiger partial charge is 0.253 e. The molecule has 1 fully saturated rings. The van der Waals surface area contributed by atoms with E-state index in [1.807, 2.05) is 35.2 Å². The first-order valence-corrected chi connectivity index (χ1v) is 7.20. The minimum atomic E-state index is 0.0851. The number of piperidine rings is 1. The van der Waals surface area contributed by atoms with Crippen molar-refractivity contribution in [2.75, 3.05) is 20.2 Å². The Kier molecular flexibility index (Phi) is 3.90. The molecule has 110 valence electrons. The summed E-state index contributed by atoms with van der Waals surface area (Å²) in [4.78, 5) is 14.5. The first-order valence-electron chi connectivity index (χ1n) is 7.20. The number of likely N-dealkylation sites (tertiary alicyclic amines) is 1. The number of carbonyl (C=O) groups excluding carboxylic acids is 1. The monoisotopic (exact) mass is 285 g/mol. The molecule has 1 aliphatic heterocycles. The molecule has 1 aromatic carbocycles. The quantitative estimate of drug-likeness (QED) is 0.942. The number of hydrogen-bond acceptors (Lipinski definition) is 3. The molecule has 0 bridgehead atoms. The van der Waals surface area contributed by atoms with Gasteiger partial charge in [-0.2, -0.15) is 5.10 Å². The third-order valence-electron chi connectivity index (χ3n) is 4.01. The number of nitrogens with one attached hydrogen (secondary N) is 1. The number of ether oxygens (including phenoxy) is 1. The van der Waals surface area contributed by atoms with Crippen LogP contribution >= 0.6 is 0 Å². The van der Waals surface area contributed by atoms with Crippen LogP contribution in [0.5, 0.6) is 5.75 Å². The number of carbonyl (C=O) groups is 1. The highest BCUT2D eigenvalue weighted by Gasteiger charge is 2.26. The van der Waals surface area contributed by atoms with Crippen LogP contribution in [0.2, 0.25) is 0 Å². The lowest BCUT2D eigenvalue weighted by Gasteiger charge is -2.32. The van der Waals surface area contributed by atoms with E-state index in [0.717, 1.165) is 37.4 Å². The molecular weight excluding hydrogens is 266 g/mol. The molecule has 1 saturated heterocycles. The zero-order valence-corrected chi connectivity index (χ0v) is 12.1. The number of rotatable bonds is 3. The molecule has 1 aromatic heterocycles. The Morgan fingerprint density at radius 1 is 1.33 bits per heavy atom. The number of amides is 1. The Morgan fingerprint density at radius 2 is 2.14 bits per heavy atom. The van der Waals surface area contributed by atoms with Crippen LogP contribution in [0.1, 0.15) is 34.8 Å². The van der Waals surface area contributed by atoms with Crippen LogP contribution in [0.3, 0.4) is 0 Å². The second-order valence-corrected chi connectivity index (χ2v) is 5.33. The highest BCUT2D eigenvalue weighted by atomic mass is 16.5. The molecule has 3 rings (SSSR count). The lowest BCUT2D eigenvalue weighted by molar-refractivity contribution is 0.0706. The van der Waals surface area contributed by atoms with Gasteiger partial charge in [0.1, 0.15) is 5.75 Å². The van der Waals surface area contributed by atoms with Gasteiger partial charge in [0.15, 0.2) is 0 Å². The molecule has 5 nitrogen and oxygen atoms in total. The number of benzene rings is 1. The van der Waals surface area contributed by atoms with E-state index < -0.39 is 0 Å². The van der Waals surface area contributed by atoms with E-state index in [9.17, 15) is 4.79 Å². The molecule has 21 heavy (non-hydrogen) atoms. The van der Waals surface area contributed by atoms with Crippen molar-refractivity contribution < 1.29 is 9.53 Å². The molecule has 1 atom stereocenters. The lowest BCUT2D eigenvalue weighted by atomic mass is 9.94. The van der Waals surface area contributed by atoms with Crippen molar-refractivity contribution in [1.82, 2.24) is 15.1 Å². The van der Waals surface area contributed by atoms with Crippen LogP contribution in [-0.4, -0.2) is 41.2 Å². The van der Waals surface area contributed by atoms with E-state index in [1.165, 1.54) is 0 Å². The first-order chi connectivity index (χ1) is 10.3. The zero-order chi connectivity index (χ0) is 14.7. The fourth-order valence-corrected chi connectivity index (χ4v) is 2.83. The van der Waals surface area contributed by atoms with Crippen LogP contribution in [-0.2, 0) is 0 Å². The summed E-state index contributed by atoms with van der Waals surface area (Å²) in [5.41, 5.74) is 1.82. The maximum absolute atomic E-state index is 12.6. The topological polar surface area (TPSA) is 58.2 Å². The lowest BCUT2D eigenvalue weighted by Crippen LogP contribution is -2.39.